The fraction of sp³-hybridized carbons (Fsp3) is 0.667. The molecular formula is C18H30O4S. The van der Waals surface area contributed by atoms with Crippen molar-refractivity contribution in [2.75, 3.05) is 6.26 Å². The van der Waals surface area contributed by atoms with Gasteiger partial charge in [-0.25, -0.2) is 8.42 Å². The molecular weight excluding hydrogens is 312 g/mol. The number of aliphatic hydroxyl groups is 1. The Kier molecular flexibility index (Phi) is 8.06. The van der Waals surface area contributed by atoms with Crippen molar-refractivity contribution in [3.63, 3.8) is 0 Å². The molecule has 4 nitrogen and oxygen atoms in total. The second-order valence-electron chi connectivity index (χ2n) is 6.55. The minimum absolute atomic E-state index is 0.0330. The smallest absolute Gasteiger partial charge is 0.179 e. The van der Waals surface area contributed by atoms with Crippen molar-refractivity contribution in [2.24, 2.45) is 0 Å². The molecule has 0 aliphatic carbocycles. The summed E-state index contributed by atoms with van der Waals surface area (Å²) in [5, 5.41) is 19.4. The number of aliphatic hydroxyl groups excluding tert-OH is 1. The van der Waals surface area contributed by atoms with Crippen LogP contribution in [0.4, 0.5) is 0 Å². The minimum atomic E-state index is -3.40. The number of phenolic OH excluding ortho intramolecular Hbond substituents is 1. The summed E-state index contributed by atoms with van der Waals surface area (Å²) in [6, 6.07) is 3.39. The first-order valence-electron chi connectivity index (χ1n) is 8.42. The maximum atomic E-state index is 11.7. The molecule has 0 heterocycles. The van der Waals surface area contributed by atoms with Gasteiger partial charge < -0.3 is 10.2 Å². The van der Waals surface area contributed by atoms with Gasteiger partial charge in [-0.05, 0) is 50.3 Å². The largest absolute Gasteiger partial charge is 0.506 e. The van der Waals surface area contributed by atoms with E-state index in [1.807, 2.05) is 19.9 Å². The van der Waals surface area contributed by atoms with Crippen LogP contribution in [0.15, 0.2) is 17.0 Å². The average Bonchev–Trinajstić information content (AvgIpc) is 2.43. The van der Waals surface area contributed by atoms with E-state index in [0.717, 1.165) is 62.3 Å². The Morgan fingerprint density at radius 1 is 1.04 bits per heavy atom. The molecule has 0 saturated carbocycles. The molecule has 1 rings (SSSR count). The lowest BCUT2D eigenvalue weighted by molar-refractivity contribution is 0.180. The van der Waals surface area contributed by atoms with Crippen molar-refractivity contribution in [2.45, 2.75) is 76.2 Å². The van der Waals surface area contributed by atoms with Crippen molar-refractivity contribution < 1.29 is 18.6 Å². The Morgan fingerprint density at radius 2 is 1.61 bits per heavy atom. The third-order valence-corrected chi connectivity index (χ3v) is 5.13. The van der Waals surface area contributed by atoms with E-state index in [2.05, 4.69) is 0 Å². The van der Waals surface area contributed by atoms with E-state index in [1.165, 1.54) is 6.07 Å². The normalized spacial score (nSPS) is 13.2. The van der Waals surface area contributed by atoms with Gasteiger partial charge in [0, 0.05) is 6.26 Å². The van der Waals surface area contributed by atoms with E-state index in [9.17, 15) is 18.6 Å². The van der Waals surface area contributed by atoms with Gasteiger partial charge in [0.1, 0.15) is 10.6 Å². The Hall–Kier alpha value is -1.07. The monoisotopic (exact) mass is 342 g/mol. The number of aryl methyl sites for hydroxylation is 2. The quantitative estimate of drug-likeness (QED) is 0.635. The van der Waals surface area contributed by atoms with E-state index in [4.69, 9.17) is 0 Å². The van der Waals surface area contributed by atoms with Crippen molar-refractivity contribution in [1.82, 2.24) is 0 Å². The van der Waals surface area contributed by atoms with E-state index in [0.29, 0.717) is 6.42 Å². The second kappa shape index (κ2) is 9.28. The molecule has 0 radical (unpaired) electrons. The molecule has 0 fully saturated rings. The van der Waals surface area contributed by atoms with Crippen molar-refractivity contribution >= 4 is 9.84 Å². The van der Waals surface area contributed by atoms with Gasteiger partial charge in [0.25, 0.3) is 0 Å². The van der Waals surface area contributed by atoms with Gasteiger partial charge in [0.2, 0.25) is 0 Å². The fourth-order valence-electron chi connectivity index (χ4n) is 2.75. The Balaban J connectivity index is 2.43. The van der Waals surface area contributed by atoms with Gasteiger partial charge in [-0.15, -0.1) is 0 Å². The number of sulfone groups is 1. The molecule has 1 aromatic carbocycles. The van der Waals surface area contributed by atoms with Gasteiger partial charge in [-0.2, -0.15) is 0 Å². The summed E-state index contributed by atoms with van der Waals surface area (Å²) in [5.41, 5.74) is 1.58. The number of aromatic hydroxyl groups is 1. The molecule has 0 aliphatic rings. The first-order chi connectivity index (χ1) is 10.7. The van der Waals surface area contributed by atoms with Crippen molar-refractivity contribution in [3.05, 3.63) is 23.3 Å². The zero-order valence-corrected chi connectivity index (χ0v) is 15.3. The van der Waals surface area contributed by atoms with Crippen LogP contribution in [0.1, 0.15) is 63.0 Å². The maximum absolute atomic E-state index is 11.7. The molecule has 0 bridgehead atoms. The van der Waals surface area contributed by atoms with Gasteiger partial charge in [-0.1, -0.05) is 38.2 Å². The van der Waals surface area contributed by atoms with E-state index in [1.54, 1.807) is 0 Å². The highest BCUT2D eigenvalue weighted by Crippen LogP contribution is 2.29. The number of benzene rings is 1. The fourth-order valence-corrected chi connectivity index (χ4v) is 3.64. The zero-order valence-electron chi connectivity index (χ0n) is 14.5. The third kappa shape index (κ3) is 7.36. The molecule has 1 unspecified atom stereocenters. The van der Waals surface area contributed by atoms with Crippen LogP contribution < -0.4 is 0 Å². The first kappa shape index (κ1) is 20.0. The highest BCUT2D eigenvalue weighted by molar-refractivity contribution is 7.90. The molecule has 5 heteroatoms. The summed E-state index contributed by atoms with van der Waals surface area (Å²) in [6.45, 7) is 3.67. The van der Waals surface area contributed by atoms with Crippen LogP contribution in [0.25, 0.3) is 0 Å². The minimum Gasteiger partial charge on any atom is -0.506 e. The summed E-state index contributed by atoms with van der Waals surface area (Å²) in [7, 11) is -3.40. The Morgan fingerprint density at radius 3 is 2.17 bits per heavy atom. The summed E-state index contributed by atoms with van der Waals surface area (Å²) in [4.78, 5) is 0.0330. The lowest BCUT2D eigenvalue weighted by Crippen LogP contribution is -2.01. The van der Waals surface area contributed by atoms with Crippen molar-refractivity contribution in [1.29, 1.82) is 0 Å². The van der Waals surface area contributed by atoms with Crippen molar-refractivity contribution in [3.8, 4) is 5.75 Å². The highest BCUT2D eigenvalue weighted by atomic mass is 32.2. The Bertz CT molecular complexity index is 591. The molecule has 0 saturated heterocycles. The molecule has 0 amide bonds. The van der Waals surface area contributed by atoms with Crippen LogP contribution in [0.2, 0.25) is 0 Å². The average molecular weight is 343 g/mol. The maximum Gasteiger partial charge on any atom is 0.179 e. The van der Waals surface area contributed by atoms with E-state index < -0.39 is 9.84 Å². The molecule has 0 aliphatic heterocycles. The lowest BCUT2D eigenvalue weighted by atomic mass is 10.0. The van der Waals surface area contributed by atoms with Crippen LogP contribution in [0.3, 0.4) is 0 Å². The lowest BCUT2D eigenvalue weighted by Gasteiger charge is -2.10. The summed E-state index contributed by atoms with van der Waals surface area (Å²) < 4.78 is 23.4. The van der Waals surface area contributed by atoms with Gasteiger partial charge in [-0.3, -0.25) is 0 Å². The Labute approximate surface area is 140 Å². The summed E-state index contributed by atoms with van der Waals surface area (Å²) >= 11 is 0. The first-order valence-corrected chi connectivity index (χ1v) is 10.3. The molecule has 2 N–H and O–H groups in total. The van der Waals surface area contributed by atoms with Crippen LogP contribution in [-0.4, -0.2) is 31.0 Å². The van der Waals surface area contributed by atoms with Gasteiger partial charge >= 0.3 is 0 Å². The topological polar surface area (TPSA) is 74.6 Å². The molecule has 23 heavy (non-hydrogen) atoms. The number of phenols is 1. The summed E-state index contributed by atoms with van der Waals surface area (Å²) in [5.74, 6) is -0.0879. The van der Waals surface area contributed by atoms with Gasteiger partial charge in [0.05, 0.1) is 6.10 Å². The zero-order chi connectivity index (χ0) is 17.5. The third-order valence-electron chi connectivity index (χ3n) is 4.02. The molecule has 1 aromatic rings. The molecule has 1 atom stereocenters. The second-order valence-corrected chi connectivity index (χ2v) is 8.54. The molecule has 0 aromatic heterocycles. The van der Waals surface area contributed by atoms with Gasteiger partial charge in [0.15, 0.2) is 9.84 Å². The predicted molar refractivity (Wildman–Crippen MR) is 93.7 cm³/mol. The number of unbranched alkanes of at least 4 members (excludes halogenated alkanes) is 5. The van der Waals surface area contributed by atoms with Crippen LogP contribution >= 0.6 is 0 Å². The van der Waals surface area contributed by atoms with E-state index in [-0.39, 0.29) is 16.7 Å². The standard InChI is InChI=1S/C18H30O4S/c1-14-12-16(18(20)17(13-14)23(3,21)22)11-9-7-5-4-6-8-10-15(2)19/h12-13,15,19-20H,4-11H2,1-3H3. The van der Waals surface area contributed by atoms with E-state index >= 15 is 0 Å². The molecule has 0 spiro atoms. The molecule has 132 valence electrons. The number of rotatable bonds is 10. The highest BCUT2D eigenvalue weighted by Gasteiger charge is 2.16. The van der Waals surface area contributed by atoms with Crippen LogP contribution in [-0.2, 0) is 16.3 Å². The number of hydrogen-bond acceptors (Lipinski definition) is 4. The van der Waals surface area contributed by atoms with Crippen LogP contribution in [0, 0.1) is 6.92 Å². The summed E-state index contributed by atoms with van der Waals surface area (Å²) in [6.07, 6.45) is 8.98. The predicted octanol–water partition coefficient (Wildman–Crippen LogP) is 3.76. The SMILES string of the molecule is Cc1cc(CCCCCCCCC(C)O)c(O)c(S(C)(=O)=O)c1. The number of hydrogen-bond donors (Lipinski definition) is 2. The van der Waals surface area contributed by atoms with Crippen LogP contribution in [0.5, 0.6) is 5.75 Å².